The van der Waals surface area contributed by atoms with E-state index in [9.17, 15) is 4.79 Å². The fraction of sp³-hybridized carbons (Fsp3) is 0.455. The Labute approximate surface area is 102 Å². The van der Waals surface area contributed by atoms with Gasteiger partial charge in [-0.1, -0.05) is 0 Å². The summed E-state index contributed by atoms with van der Waals surface area (Å²) in [5, 5.41) is 2.86. The van der Waals surface area contributed by atoms with Crippen LogP contribution >= 0.6 is 15.9 Å². The normalized spacial score (nSPS) is 21.9. The molecule has 0 unspecified atom stereocenters. The van der Waals surface area contributed by atoms with Crippen LogP contribution in [0, 0.1) is 0 Å². The minimum Gasteiger partial charge on any atom is -0.381 e. The van der Waals surface area contributed by atoms with Gasteiger partial charge in [-0.25, -0.2) is 4.98 Å². The number of halogens is 1. The Morgan fingerprint density at radius 1 is 1.44 bits per heavy atom. The van der Waals surface area contributed by atoms with Crippen molar-refractivity contribution in [1.82, 2.24) is 4.98 Å². The highest BCUT2D eigenvalue weighted by Crippen LogP contribution is 2.44. The highest BCUT2D eigenvalue weighted by molar-refractivity contribution is 9.10. The average molecular weight is 283 g/mol. The lowest BCUT2D eigenvalue weighted by Crippen LogP contribution is -2.39. The lowest BCUT2D eigenvalue weighted by Gasteiger charge is -2.31. The minimum absolute atomic E-state index is 0.0661. The van der Waals surface area contributed by atoms with Crippen LogP contribution in [-0.4, -0.2) is 24.1 Å². The Bertz CT molecular complexity index is 455. The topological polar surface area (TPSA) is 51.2 Å². The maximum Gasteiger partial charge on any atom is 0.236 e. The van der Waals surface area contributed by atoms with Crippen LogP contribution in [0.5, 0.6) is 0 Å². The molecule has 3 heterocycles. The first-order valence-corrected chi connectivity index (χ1v) is 6.07. The Balaban J connectivity index is 2.13. The van der Waals surface area contributed by atoms with E-state index in [0.29, 0.717) is 19.0 Å². The van der Waals surface area contributed by atoms with Crippen molar-refractivity contribution in [1.29, 1.82) is 0 Å². The van der Waals surface area contributed by atoms with E-state index in [-0.39, 0.29) is 5.91 Å². The molecule has 1 amide bonds. The summed E-state index contributed by atoms with van der Waals surface area (Å²) in [4.78, 5) is 16.3. The van der Waals surface area contributed by atoms with Crippen molar-refractivity contribution >= 4 is 27.7 Å². The summed E-state index contributed by atoms with van der Waals surface area (Å²) in [6, 6.07) is 1.99. The maximum atomic E-state index is 12.1. The molecule has 84 valence electrons. The molecular formula is C11H11BrN2O2. The van der Waals surface area contributed by atoms with Gasteiger partial charge in [0.05, 0.1) is 5.41 Å². The van der Waals surface area contributed by atoms with Crippen LogP contribution in [0.4, 0.5) is 5.82 Å². The summed E-state index contributed by atoms with van der Waals surface area (Å²) in [6.45, 7) is 1.28. The number of hydrogen-bond donors (Lipinski definition) is 1. The van der Waals surface area contributed by atoms with Crippen LogP contribution in [0.3, 0.4) is 0 Å². The maximum absolute atomic E-state index is 12.1. The van der Waals surface area contributed by atoms with E-state index in [2.05, 4.69) is 26.2 Å². The molecule has 0 bridgehead atoms. The van der Waals surface area contributed by atoms with Crippen molar-refractivity contribution in [3.63, 3.8) is 0 Å². The number of aromatic nitrogens is 1. The van der Waals surface area contributed by atoms with Gasteiger partial charge in [-0.3, -0.25) is 4.79 Å². The second-order valence-electron chi connectivity index (χ2n) is 4.20. The molecule has 1 N–H and O–H groups in total. The van der Waals surface area contributed by atoms with E-state index >= 15 is 0 Å². The first-order chi connectivity index (χ1) is 7.72. The molecule has 2 aliphatic rings. The lowest BCUT2D eigenvalue weighted by molar-refractivity contribution is -0.124. The first-order valence-electron chi connectivity index (χ1n) is 5.28. The molecule has 2 aliphatic heterocycles. The molecular weight excluding hydrogens is 272 g/mol. The highest BCUT2D eigenvalue weighted by atomic mass is 79.9. The molecule has 1 aromatic rings. The number of amides is 1. The molecule has 5 heteroatoms. The van der Waals surface area contributed by atoms with Gasteiger partial charge in [0, 0.05) is 29.4 Å². The van der Waals surface area contributed by atoms with Gasteiger partial charge < -0.3 is 10.1 Å². The van der Waals surface area contributed by atoms with E-state index in [1.807, 2.05) is 6.07 Å². The summed E-state index contributed by atoms with van der Waals surface area (Å²) in [5.74, 6) is 0.770. The third kappa shape index (κ3) is 1.31. The molecule has 16 heavy (non-hydrogen) atoms. The SMILES string of the molecule is O=C1Nc2ncc(Br)cc2C12CCOCC2. The third-order valence-electron chi connectivity index (χ3n) is 3.38. The summed E-state index contributed by atoms with van der Waals surface area (Å²) in [6.07, 6.45) is 3.19. The summed E-state index contributed by atoms with van der Waals surface area (Å²) in [7, 11) is 0. The largest absolute Gasteiger partial charge is 0.381 e. The van der Waals surface area contributed by atoms with E-state index in [1.165, 1.54) is 0 Å². The van der Waals surface area contributed by atoms with Crippen molar-refractivity contribution in [2.75, 3.05) is 18.5 Å². The lowest BCUT2D eigenvalue weighted by atomic mass is 9.76. The molecule has 0 atom stereocenters. The number of carbonyl (C=O) groups excluding carboxylic acids is 1. The van der Waals surface area contributed by atoms with Gasteiger partial charge in [-0.05, 0) is 34.8 Å². The van der Waals surface area contributed by atoms with Crippen molar-refractivity contribution < 1.29 is 9.53 Å². The molecule has 1 aromatic heterocycles. The van der Waals surface area contributed by atoms with Crippen molar-refractivity contribution in [2.24, 2.45) is 0 Å². The van der Waals surface area contributed by atoms with E-state index < -0.39 is 5.41 Å². The fourth-order valence-electron chi connectivity index (χ4n) is 2.47. The monoisotopic (exact) mass is 282 g/mol. The molecule has 4 nitrogen and oxygen atoms in total. The highest BCUT2D eigenvalue weighted by Gasteiger charge is 2.48. The van der Waals surface area contributed by atoms with Gasteiger partial charge in [-0.2, -0.15) is 0 Å². The Morgan fingerprint density at radius 2 is 2.19 bits per heavy atom. The molecule has 0 aliphatic carbocycles. The summed E-state index contributed by atoms with van der Waals surface area (Å²) >= 11 is 3.40. The number of hydrogen-bond acceptors (Lipinski definition) is 3. The van der Waals surface area contributed by atoms with Crippen LogP contribution in [0.1, 0.15) is 18.4 Å². The van der Waals surface area contributed by atoms with Gasteiger partial charge in [0.25, 0.3) is 0 Å². The molecule has 1 spiro atoms. The summed E-state index contributed by atoms with van der Waals surface area (Å²) in [5.41, 5.74) is 0.597. The summed E-state index contributed by atoms with van der Waals surface area (Å²) < 4.78 is 6.25. The van der Waals surface area contributed by atoms with Gasteiger partial charge in [0.15, 0.2) is 0 Å². The van der Waals surface area contributed by atoms with E-state index in [0.717, 1.165) is 22.9 Å². The number of nitrogens with zero attached hydrogens (tertiary/aromatic N) is 1. The first kappa shape index (κ1) is 10.2. The molecule has 3 rings (SSSR count). The quantitative estimate of drug-likeness (QED) is 0.790. The third-order valence-corrected chi connectivity index (χ3v) is 3.82. The number of fused-ring (bicyclic) bond motifs is 2. The van der Waals surface area contributed by atoms with Gasteiger partial charge in [0.1, 0.15) is 5.82 Å². The number of anilines is 1. The minimum atomic E-state index is -0.412. The second kappa shape index (κ2) is 3.53. The molecule has 1 fully saturated rings. The molecule has 0 radical (unpaired) electrons. The zero-order valence-corrected chi connectivity index (χ0v) is 10.2. The molecule has 1 saturated heterocycles. The number of nitrogens with one attached hydrogen (secondary N) is 1. The van der Waals surface area contributed by atoms with E-state index in [1.54, 1.807) is 6.20 Å². The van der Waals surface area contributed by atoms with Gasteiger partial charge >= 0.3 is 0 Å². The molecule has 0 aromatic carbocycles. The number of rotatable bonds is 0. The van der Waals surface area contributed by atoms with Crippen LogP contribution < -0.4 is 5.32 Å². The van der Waals surface area contributed by atoms with Gasteiger partial charge in [0.2, 0.25) is 5.91 Å². The average Bonchev–Trinajstić information content (AvgIpc) is 2.55. The van der Waals surface area contributed by atoms with Crippen LogP contribution in [0.15, 0.2) is 16.7 Å². The predicted octanol–water partition coefficient (Wildman–Crippen LogP) is 1.84. The van der Waals surface area contributed by atoms with Crippen LogP contribution in [-0.2, 0) is 14.9 Å². The second-order valence-corrected chi connectivity index (χ2v) is 5.11. The molecule has 0 saturated carbocycles. The fourth-order valence-corrected chi connectivity index (χ4v) is 2.80. The zero-order valence-electron chi connectivity index (χ0n) is 8.62. The van der Waals surface area contributed by atoms with Crippen molar-refractivity contribution in [3.8, 4) is 0 Å². The Kier molecular flexibility index (Phi) is 2.26. The van der Waals surface area contributed by atoms with Gasteiger partial charge in [-0.15, -0.1) is 0 Å². The van der Waals surface area contributed by atoms with E-state index in [4.69, 9.17) is 4.74 Å². The van der Waals surface area contributed by atoms with Crippen LogP contribution in [0.2, 0.25) is 0 Å². The smallest absolute Gasteiger partial charge is 0.236 e. The Morgan fingerprint density at radius 3 is 2.94 bits per heavy atom. The number of ether oxygens (including phenoxy) is 1. The standard InChI is InChI=1S/C11H11BrN2O2/c12-7-5-8-9(13-6-7)14-10(15)11(8)1-3-16-4-2-11/h5-6H,1-4H2,(H,13,14,15). The number of pyridine rings is 1. The van der Waals surface area contributed by atoms with Crippen molar-refractivity contribution in [3.05, 3.63) is 22.3 Å². The predicted molar refractivity (Wildman–Crippen MR) is 62.3 cm³/mol. The Hall–Kier alpha value is -0.940. The van der Waals surface area contributed by atoms with Crippen LogP contribution in [0.25, 0.3) is 0 Å². The zero-order chi connectivity index (χ0) is 11.2. The number of carbonyl (C=O) groups is 1. The van der Waals surface area contributed by atoms with Crippen molar-refractivity contribution in [2.45, 2.75) is 18.3 Å².